The standard InChI is InChI=1S/C11H16ClN5O2/c1-6(2)16-9(18)5-15-11(19)7-3-8(12)10(17-13)14-4-7/h3-4,6H,5,13H2,1-2H3,(H,14,17)(H,15,19)(H,16,18). The highest BCUT2D eigenvalue weighted by Gasteiger charge is 2.11. The fourth-order valence-corrected chi connectivity index (χ4v) is 1.52. The molecule has 19 heavy (non-hydrogen) atoms. The summed E-state index contributed by atoms with van der Waals surface area (Å²) < 4.78 is 0. The van der Waals surface area contributed by atoms with Crippen LogP contribution in [0.4, 0.5) is 5.82 Å². The molecule has 0 unspecified atom stereocenters. The average molecular weight is 286 g/mol. The highest BCUT2D eigenvalue weighted by Crippen LogP contribution is 2.18. The molecule has 0 saturated carbocycles. The zero-order chi connectivity index (χ0) is 14.4. The summed E-state index contributed by atoms with van der Waals surface area (Å²) in [7, 11) is 0. The van der Waals surface area contributed by atoms with Crippen molar-refractivity contribution in [2.45, 2.75) is 19.9 Å². The molecule has 1 rings (SSSR count). The monoisotopic (exact) mass is 285 g/mol. The van der Waals surface area contributed by atoms with Gasteiger partial charge >= 0.3 is 0 Å². The number of anilines is 1. The highest BCUT2D eigenvalue weighted by atomic mass is 35.5. The maximum atomic E-state index is 11.7. The van der Waals surface area contributed by atoms with E-state index in [-0.39, 0.29) is 34.9 Å². The van der Waals surface area contributed by atoms with Crippen LogP contribution in [-0.4, -0.2) is 29.4 Å². The molecule has 2 amide bonds. The molecule has 0 bridgehead atoms. The Morgan fingerprint density at radius 3 is 2.68 bits per heavy atom. The number of nitrogens with one attached hydrogen (secondary N) is 3. The number of nitrogens with zero attached hydrogens (tertiary/aromatic N) is 1. The molecule has 0 fully saturated rings. The summed E-state index contributed by atoms with van der Waals surface area (Å²) in [5.41, 5.74) is 2.55. The summed E-state index contributed by atoms with van der Waals surface area (Å²) in [5, 5.41) is 5.35. The molecule has 0 aliphatic rings. The predicted molar refractivity (Wildman–Crippen MR) is 72.7 cm³/mol. The van der Waals surface area contributed by atoms with Crippen LogP contribution in [0.2, 0.25) is 5.02 Å². The molecule has 5 N–H and O–H groups in total. The lowest BCUT2D eigenvalue weighted by molar-refractivity contribution is -0.120. The number of carbonyl (C=O) groups is 2. The van der Waals surface area contributed by atoms with Crippen LogP contribution >= 0.6 is 11.6 Å². The van der Waals surface area contributed by atoms with Crippen molar-refractivity contribution in [2.75, 3.05) is 12.0 Å². The summed E-state index contributed by atoms with van der Waals surface area (Å²) in [6.07, 6.45) is 1.32. The van der Waals surface area contributed by atoms with Crippen molar-refractivity contribution in [3.63, 3.8) is 0 Å². The number of nitrogens with two attached hydrogens (primary N) is 1. The summed E-state index contributed by atoms with van der Waals surface area (Å²) in [6, 6.07) is 1.44. The Bertz CT molecular complexity index is 478. The lowest BCUT2D eigenvalue weighted by Crippen LogP contribution is -2.39. The number of nitrogen functional groups attached to an aromatic ring is 1. The second-order valence-corrected chi connectivity index (χ2v) is 4.51. The minimum Gasteiger partial charge on any atom is -0.352 e. The Balaban J connectivity index is 2.59. The van der Waals surface area contributed by atoms with Crippen LogP contribution in [0.1, 0.15) is 24.2 Å². The highest BCUT2D eigenvalue weighted by molar-refractivity contribution is 6.33. The number of hydrogen-bond donors (Lipinski definition) is 4. The van der Waals surface area contributed by atoms with E-state index in [9.17, 15) is 9.59 Å². The van der Waals surface area contributed by atoms with E-state index in [1.54, 1.807) is 0 Å². The van der Waals surface area contributed by atoms with E-state index in [1.165, 1.54) is 12.3 Å². The molecule has 1 aromatic heterocycles. The largest absolute Gasteiger partial charge is 0.352 e. The topological polar surface area (TPSA) is 109 Å². The Hall–Kier alpha value is -1.86. The van der Waals surface area contributed by atoms with Gasteiger partial charge < -0.3 is 16.1 Å². The molecule has 0 radical (unpaired) electrons. The van der Waals surface area contributed by atoms with E-state index in [4.69, 9.17) is 17.4 Å². The van der Waals surface area contributed by atoms with Gasteiger partial charge in [0.15, 0.2) is 5.82 Å². The van der Waals surface area contributed by atoms with Crippen LogP contribution in [0.5, 0.6) is 0 Å². The maximum Gasteiger partial charge on any atom is 0.253 e. The quantitative estimate of drug-likeness (QED) is 0.459. The Kier molecular flexibility index (Phi) is 5.53. The zero-order valence-corrected chi connectivity index (χ0v) is 11.4. The van der Waals surface area contributed by atoms with Gasteiger partial charge in [-0.2, -0.15) is 0 Å². The van der Waals surface area contributed by atoms with Crippen LogP contribution in [0.15, 0.2) is 12.3 Å². The van der Waals surface area contributed by atoms with Crippen LogP contribution < -0.4 is 21.9 Å². The Labute approximate surface area is 115 Å². The molecule has 1 heterocycles. The van der Waals surface area contributed by atoms with Gasteiger partial charge in [-0.15, -0.1) is 0 Å². The van der Waals surface area contributed by atoms with Crippen molar-refractivity contribution >= 4 is 29.2 Å². The normalized spacial score (nSPS) is 10.2. The van der Waals surface area contributed by atoms with Gasteiger partial charge in [-0.1, -0.05) is 11.6 Å². The lowest BCUT2D eigenvalue weighted by Gasteiger charge is -2.09. The van der Waals surface area contributed by atoms with Crippen molar-refractivity contribution in [1.82, 2.24) is 15.6 Å². The molecular formula is C11H16ClN5O2. The van der Waals surface area contributed by atoms with E-state index in [0.717, 1.165) is 0 Å². The van der Waals surface area contributed by atoms with Gasteiger partial charge in [-0.25, -0.2) is 10.8 Å². The van der Waals surface area contributed by atoms with Gasteiger partial charge in [-0.3, -0.25) is 9.59 Å². The molecule has 0 aromatic carbocycles. The molecule has 1 aromatic rings. The predicted octanol–water partition coefficient (Wildman–Crippen LogP) is 0.275. The molecule has 0 spiro atoms. The fraction of sp³-hybridized carbons (Fsp3) is 0.364. The first-order valence-corrected chi connectivity index (χ1v) is 6.01. The van der Waals surface area contributed by atoms with Crippen molar-refractivity contribution in [2.24, 2.45) is 5.84 Å². The SMILES string of the molecule is CC(C)NC(=O)CNC(=O)c1cnc(NN)c(Cl)c1. The van der Waals surface area contributed by atoms with Crippen molar-refractivity contribution in [3.8, 4) is 0 Å². The molecule has 7 nitrogen and oxygen atoms in total. The second-order valence-electron chi connectivity index (χ2n) is 4.10. The summed E-state index contributed by atoms with van der Waals surface area (Å²) in [5.74, 6) is 4.75. The molecule has 8 heteroatoms. The Morgan fingerprint density at radius 2 is 2.16 bits per heavy atom. The fourth-order valence-electron chi connectivity index (χ4n) is 1.30. The molecule has 0 saturated heterocycles. The third-order valence-corrected chi connectivity index (χ3v) is 2.39. The first-order valence-electron chi connectivity index (χ1n) is 5.63. The van der Waals surface area contributed by atoms with Gasteiger partial charge in [0, 0.05) is 12.2 Å². The molecule has 0 aliphatic carbocycles. The molecule has 0 atom stereocenters. The van der Waals surface area contributed by atoms with Gasteiger partial charge in [0.05, 0.1) is 17.1 Å². The molecular weight excluding hydrogens is 270 g/mol. The number of halogens is 1. The number of hydrogen-bond acceptors (Lipinski definition) is 5. The third-order valence-electron chi connectivity index (χ3n) is 2.10. The van der Waals surface area contributed by atoms with E-state index < -0.39 is 5.91 Å². The van der Waals surface area contributed by atoms with Crippen molar-refractivity contribution in [1.29, 1.82) is 0 Å². The number of carbonyl (C=O) groups excluding carboxylic acids is 2. The summed E-state index contributed by atoms with van der Waals surface area (Å²) in [4.78, 5) is 27.0. The van der Waals surface area contributed by atoms with E-state index in [2.05, 4.69) is 21.0 Å². The zero-order valence-electron chi connectivity index (χ0n) is 10.7. The van der Waals surface area contributed by atoms with E-state index >= 15 is 0 Å². The van der Waals surface area contributed by atoms with Gasteiger partial charge in [0.1, 0.15) is 0 Å². The van der Waals surface area contributed by atoms with Crippen LogP contribution in [0.25, 0.3) is 0 Å². The first kappa shape index (κ1) is 15.2. The van der Waals surface area contributed by atoms with Gasteiger partial charge in [0.2, 0.25) is 5.91 Å². The maximum absolute atomic E-state index is 11.7. The molecule has 0 aliphatic heterocycles. The minimum absolute atomic E-state index is 0.0235. The van der Waals surface area contributed by atoms with Crippen LogP contribution in [0, 0.1) is 0 Å². The number of rotatable bonds is 5. The average Bonchev–Trinajstić information content (AvgIpc) is 2.35. The third kappa shape index (κ3) is 4.72. The number of amides is 2. The smallest absolute Gasteiger partial charge is 0.253 e. The van der Waals surface area contributed by atoms with Crippen LogP contribution in [-0.2, 0) is 4.79 Å². The minimum atomic E-state index is -0.433. The number of aromatic nitrogens is 1. The van der Waals surface area contributed by atoms with Gasteiger partial charge in [0.25, 0.3) is 5.91 Å². The van der Waals surface area contributed by atoms with Crippen molar-refractivity contribution in [3.05, 3.63) is 22.8 Å². The summed E-state index contributed by atoms with van der Waals surface area (Å²) >= 11 is 5.84. The van der Waals surface area contributed by atoms with E-state index in [1.807, 2.05) is 13.8 Å². The summed E-state index contributed by atoms with van der Waals surface area (Å²) in [6.45, 7) is 3.56. The van der Waals surface area contributed by atoms with Crippen LogP contribution in [0.3, 0.4) is 0 Å². The van der Waals surface area contributed by atoms with Crippen molar-refractivity contribution < 1.29 is 9.59 Å². The second kappa shape index (κ2) is 6.91. The Morgan fingerprint density at radius 1 is 1.47 bits per heavy atom. The number of hydrazine groups is 1. The van der Waals surface area contributed by atoms with E-state index in [0.29, 0.717) is 0 Å². The lowest BCUT2D eigenvalue weighted by atomic mass is 10.2. The van der Waals surface area contributed by atoms with Gasteiger partial charge in [-0.05, 0) is 19.9 Å². The molecule has 104 valence electrons. The number of pyridine rings is 1. The first-order chi connectivity index (χ1) is 8.93.